The maximum Gasteiger partial charge on any atom is 0.240 e. The Morgan fingerprint density at radius 3 is 2.73 bits per heavy atom. The minimum absolute atomic E-state index is 0.162. The molecule has 1 aromatic rings. The minimum atomic E-state index is -0.385. The van der Waals surface area contributed by atoms with Crippen molar-refractivity contribution in [3.63, 3.8) is 0 Å². The Kier molecular flexibility index (Phi) is 5.78. The molecular weight excluding hydrogens is 272 g/mol. The van der Waals surface area contributed by atoms with Gasteiger partial charge in [0.2, 0.25) is 5.91 Å². The van der Waals surface area contributed by atoms with Crippen molar-refractivity contribution in [3.8, 4) is 0 Å². The van der Waals surface area contributed by atoms with E-state index in [1.165, 1.54) is 12.0 Å². The van der Waals surface area contributed by atoms with Crippen molar-refractivity contribution in [2.24, 2.45) is 0 Å². The van der Waals surface area contributed by atoms with Crippen molar-refractivity contribution in [1.82, 2.24) is 10.2 Å². The number of benzene rings is 1. The summed E-state index contributed by atoms with van der Waals surface area (Å²) >= 11 is 0. The summed E-state index contributed by atoms with van der Waals surface area (Å²) in [7, 11) is 0. The topological polar surface area (TPSA) is 32.3 Å². The summed E-state index contributed by atoms with van der Waals surface area (Å²) in [6.45, 7) is 7.92. The van der Waals surface area contributed by atoms with Gasteiger partial charge in [-0.05, 0) is 52.1 Å². The molecule has 0 aromatic heterocycles. The van der Waals surface area contributed by atoms with Crippen LogP contribution in [0.3, 0.4) is 0 Å². The molecule has 3 heteroatoms. The monoisotopic (exact) mass is 300 g/mol. The first-order valence-corrected chi connectivity index (χ1v) is 8.30. The third kappa shape index (κ3) is 4.20. The first-order valence-electron chi connectivity index (χ1n) is 8.30. The number of carbonyl (C=O) groups excluding carboxylic acids is 1. The second-order valence-electron chi connectivity index (χ2n) is 6.62. The van der Waals surface area contributed by atoms with E-state index in [0.29, 0.717) is 0 Å². The third-order valence-corrected chi connectivity index (χ3v) is 4.38. The van der Waals surface area contributed by atoms with Crippen LogP contribution in [0.5, 0.6) is 0 Å². The van der Waals surface area contributed by atoms with Gasteiger partial charge >= 0.3 is 0 Å². The first kappa shape index (κ1) is 16.8. The zero-order valence-corrected chi connectivity index (χ0v) is 14.0. The molecule has 1 saturated heterocycles. The first-order chi connectivity index (χ1) is 10.5. The van der Waals surface area contributed by atoms with E-state index in [1.54, 1.807) is 0 Å². The Morgan fingerprint density at radius 2 is 2.05 bits per heavy atom. The van der Waals surface area contributed by atoms with Gasteiger partial charge in [-0.25, -0.2) is 0 Å². The van der Waals surface area contributed by atoms with Gasteiger partial charge in [-0.1, -0.05) is 42.5 Å². The molecule has 0 spiro atoms. The molecule has 1 aliphatic rings. The molecule has 0 aliphatic carbocycles. The zero-order chi connectivity index (χ0) is 16.0. The molecular formula is C19H28N2O. The number of nitrogens with one attached hydrogen (secondary N) is 1. The molecule has 1 aromatic carbocycles. The molecule has 1 fully saturated rings. The van der Waals surface area contributed by atoms with Crippen LogP contribution in [0.1, 0.15) is 45.6 Å². The number of hydrogen-bond donors (Lipinski definition) is 1. The number of rotatable bonds is 5. The second-order valence-corrected chi connectivity index (χ2v) is 6.62. The van der Waals surface area contributed by atoms with E-state index in [1.807, 2.05) is 32.0 Å². The van der Waals surface area contributed by atoms with Crippen molar-refractivity contribution in [2.75, 3.05) is 13.1 Å². The molecule has 120 valence electrons. The van der Waals surface area contributed by atoms with Gasteiger partial charge in [0.25, 0.3) is 0 Å². The van der Waals surface area contributed by atoms with E-state index in [2.05, 4.69) is 41.4 Å². The molecule has 1 aliphatic heterocycles. The van der Waals surface area contributed by atoms with Crippen LogP contribution in [0, 0.1) is 0 Å². The highest BCUT2D eigenvalue weighted by molar-refractivity contribution is 5.86. The van der Waals surface area contributed by atoms with E-state index in [-0.39, 0.29) is 17.5 Å². The van der Waals surface area contributed by atoms with Crippen molar-refractivity contribution < 1.29 is 4.79 Å². The van der Waals surface area contributed by atoms with Crippen LogP contribution >= 0.6 is 0 Å². The van der Waals surface area contributed by atoms with Gasteiger partial charge in [0, 0.05) is 12.6 Å². The summed E-state index contributed by atoms with van der Waals surface area (Å²) in [5, 5.41) is 3.09. The molecule has 2 rings (SSSR count). The Balaban J connectivity index is 2.03. The largest absolute Gasteiger partial charge is 0.352 e. The molecule has 3 nitrogen and oxygen atoms in total. The number of hydrogen-bond acceptors (Lipinski definition) is 2. The molecule has 1 atom stereocenters. The minimum Gasteiger partial charge on any atom is -0.352 e. The van der Waals surface area contributed by atoms with Gasteiger partial charge in [-0.15, -0.1) is 0 Å². The molecule has 0 radical (unpaired) electrons. The highest BCUT2D eigenvalue weighted by Gasteiger charge is 2.40. The van der Waals surface area contributed by atoms with Crippen LogP contribution in [0.2, 0.25) is 0 Å². The summed E-state index contributed by atoms with van der Waals surface area (Å²) < 4.78 is 0. The summed E-state index contributed by atoms with van der Waals surface area (Å²) in [5.41, 5.74) is 0.816. The zero-order valence-electron chi connectivity index (χ0n) is 14.0. The second kappa shape index (κ2) is 7.59. The van der Waals surface area contributed by atoms with Gasteiger partial charge in [-0.3, -0.25) is 9.69 Å². The standard InChI is InChI=1S/C19H28N2O/c1-16(2)20-18(22)19(3)13-7-8-14-21(19)15-9-12-17-10-5-4-6-11-17/h4-6,9-12,16H,7-8,13-15H2,1-3H3,(H,20,22)/b12-9+. The predicted octanol–water partition coefficient (Wildman–Crippen LogP) is 3.47. The van der Waals surface area contributed by atoms with Crippen molar-refractivity contribution in [2.45, 2.75) is 51.6 Å². The number of piperidine rings is 1. The van der Waals surface area contributed by atoms with Crippen LogP contribution < -0.4 is 5.32 Å². The van der Waals surface area contributed by atoms with Gasteiger partial charge < -0.3 is 5.32 Å². The average Bonchev–Trinajstić information content (AvgIpc) is 2.49. The maximum atomic E-state index is 12.6. The molecule has 0 saturated carbocycles. The smallest absolute Gasteiger partial charge is 0.240 e. The normalized spacial score (nSPS) is 23.1. The van der Waals surface area contributed by atoms with Crippen molar-refractivity contribution in [3.05, 3.63) is 42.0 Å². The Bertz CT molecular complexity index is 509. The van der Waals surface area contributed by atoms with E-state index in [4.69, 9.17) is 0 Å². The third-order valence-electron chi connectivity index (χ3n) is 4.38. The van der Waals surface area contributed by atoms with Crippen molar-refractivity contribution in [1.29, 1.82) is 0 Å². The van der Waals surface area contributed by atoms with Gasteiger partial charge in [0.15, 0.2) is 0 Å². The lowest BCUT2D eigenvalue weighted by Crippen LogP contribution is -2.59. The van der Waals surface area contributed by atoms with E-state index in [0.717, 1.165) is 25.9 Å². The number of carbonyl (C=O) groups is 1. The van der Waals surface area contributed by atoms with Gasteiger partial charge in [0.05, 0.1) is 5.54 Å². The molecule has 1 unspecified atom stereocenters. The fourth-order valence-corrected chi connectivity index (χ4v) is 3.02. The molecule has 22 heavy (non-hydrogen) atoms. The predicted molar refractivity (Wildman–Crippen MR) is 92.6 cm³/mol. The van der Waals surface area contributed by atoms with Crippen molar-refractivity contribution >= 4 is 12.0 Å². The molecule has 1 heterocycles. The maximum absolute atomic E-state index is 12.6. The summed E-state index contributed by atoms with van der Waals surface area (Å²) in [5.74, 6) is 0.162. The van der Waals surface area contributed by atoms with Gasteiger partial charge in [-0.2, -0.15) is 0 Å². The quantitative estimate of drug-likeness (QED) is 0.903. The Morgan fingerprint density at radius 1 is 1.32 bits per heavy atom. The average molecular weight is 300 g/mol. The summed E-state index contributed by atoms with van der Waals surface area (Å²) in [6.07, 6.45) is 7.53. The van der Waals surface area contributed by atoms with Crippen LogP contribution in [0.4, 0.5) is 0 Å². The van der Waals surface area contributed by atoms with Crippen LogP contribution in [0.25, 0.3) is 6.08 Å². The number of nitrogens with zero attached hydrogens (tertiary/aromatic N) is 1. The summed E-state index contributed by atoms with van der Waals surface area (Å²) in [6, 6.07) is 10.5. The lowest BCUT2D eigenvalue weighted by molar-refractivity contribution is -0.135. The fourth-order valence-electron chi connectivity index (χ4n) is 3.02. The van der Waals surface area contributed by atoms with E-state index >= 15 is 0 Å². The van der Waals surface area contributed by atoms with E-state index < -0.39 is 0 Å². The highest BCUT2D eigenvalue weighted by Crippen LogP contribution is 2.28. The lowest BCUT2D eigenvalue weighted by atomic mass is 9.87. The molecule has 1 amide bonds. The van der Waals surface area contributed by atoms with Gasteiger partial charge in [0.1, 0.15) is 0 Å². The molecule has 0 bridgehead atoms. The highest BCUT2D eigenvalue weighted by atomic mass is 16.2. The Hall–Kier alpha value is -1.61. The Labute approximate surface area is 134 Å². The van der Waals surface area contributed by atoms with Crippen LogP contribution in [-0.4, -0.2) is 35.5 Å². The van der Waals surface area contributed by atoms with Crippen LogP contribution in [-0.2, 0) is 4.79 Å². The number of likely N-dealkylation sites (tertiary alicyclic amines) is 1. The molecule has 1 N–H and O–H groups in total. The lowest BCUT2D eigenvalue weighted by Gasteiger charge is -2.43. The summed E-state index contributed by atoms with van der Waals surface area (Å²) in [4.78, 5) is 14.9. The van der Waals surface area contributed by atoms with E-state index in [9.17, 15) is 4.79 Å². The fraction of sp³-hybridized carbons (Fsp3) is 0.526. The van der Waals surface area contributed by atoms with Crippen LogP contribution in [0.15, 0.2) is 36.4 Å². The number of amides is 1. The SMILES string of the molecule is CC(C)NC(=O)C1(C)CCCCN1C/C=C/c1ccccc1.